The van der Waals surface area contributed by atoms with Crippen molar-refractivity contribution < 1.29 is 0 Å². The largest absolute Gasteiger partial charge is 0.324 e. The summed E-state index contributed by atoms with van der Waals surface area (Å²) in [6.45, 7) is 2.12. The minimum atomic E-state index is 0.0482. The molecule has 1 aliphatic rings. The van der Waals surface area contributed by atoms with E-state index in [4.69, 9.17) is 17.3 Å². The molecule has 0 aromatic heterocycles. The van der Waals surface area contributed by atoms with Gasteiger partial charge in [-0.05, 0) is 55.6 Å². The van der Waals surface area contributed by atoms with Crippen molar-refractivity contribution in [3.63, 3.8) is 0 Å². The SMILES string of the molecule is N[C@@H](c1cc(Br)ccc1Cl)C1CCNCC1. The molecule has 2 nitrogen and oxygen atoms in total. The lowest BCUT2D eigenvalue weighted by atomic mass is 9.86. The Balaban J connectivity index is 2.18. The molecule has 1 heterocycles. The standard InChI is InChI=1S/C12H16BrClN2/c13-9-1-2-11(14)10(7-9)12(15)8-3-5-16-6-4-8/h1-2,7-8,12,16H,3-6,15H2/t12-/m1/s1. The first-order valence-corrected chi connectivity index (χ1v) is 6.77. The van der Waals surface area contributed by atoms with E-state index >= 15 is 0 Å². The molecule has 0 radical (unpaired) electrons. The molecule has 88 valence electrons. The summed E-state index contributed by atoms with van der Waals surface area (Å²) in [5.74, 6) is 0.535. The van der Waals surface area contributed by atoms with Crippen LogP contribution in [0.4, 0.5) is 0 Å². The van der Waals surface area contributed by atoms with Gasteiger partial charge in [0.2, 0.25) is 0 Å². The zero-order valence-electron chi connectivity index (χ0n) is 9.05. The molecule has 0 bridgehead atoms. The maximum atomic E-state index is 6.31. The van der Waals surface area contributed by atoms with Crippen molar-refractivity contribution in [3.05, 3.63) is 33.3 Å². The number of piperidine rings is 1. The number of benzene rings is 1. The molecule has 0 spiro atoms. The quantitative estimate of drug-likeness (QED) is 0.881. The summed E-state index contributed by atoms with van der Waals surface area (Å²) < 4.78 is 1.04. The number of hydrogen-bond donors (Lipinski definition) is 2. The van der Waals surface area contributed by atoms with E-state index in [0.717, 1.165) is 41.0 Å². The van der Waals surface area contributed by atoms with Gasteiger partial charge >= 0.3 is 0 Å². The molecule has 0 saturated carbocycles. The van der Waals surface area contributed by atoms with Crippen molar-refractivity contribution in [2.75, 3.05) is 13.1 Å². The molecule has 1 aliphatic heterocycles. The zero-order valence-corrected chi connectivity index (χ0v) is 11.4. The average Bonchev–Trinajstić information content (AvgIpc) is 2.32. The Kier molecular flexibility index (Phi) is 4.25. The molecule has 1 fully saturated rings. The number of hydrogen-bond acceptors (Lipinski definition) is 2. The van der Waals surface area contributed by atoms with E-state index in [1.165, 1.54) is 0 Å². The molecular weight excluding hydrogens is 288 g/mol. The maximum Gasteiger partial charge on any atom is 0.0454 e. The molecule has 1 atom stereocenters. The van der Waals surface area contributed by atoms with E-state index in [1.54, 1.807) is 0 Å². The average molecular weight is 304 g/mol. The van der Waals surface area contributed by atoms with E-state index in [-0.39, 0.29) is 6.04 Å². The maximum absolute atomic E-state index is 6.31. The fourth-order valence-electron chi connectivity index (χ4n) is 2.23. The van der Waals surface area contributed by atoms with Crippen LogP contribution in [0.15, 0.2) is 22.7 Å². The third-order valence-corrected chi connectivity index (χ3v) is 4.05. The number of rotatable bonds is 2. The molecule has 1 aromatic rings. The van der Waals surface area contributed by atoms with Gasteiger partial charge in [0, 0.05) is 15.5 Å². The van der Waals surface area contributed by atoms with Gasteiger partial charge < -0.3 is 11.1 Å². The lowest BCUT2D eigenvalue weighted by Crippen LogP contribution is -2.33. The molecule has 3 N–H and O–H groups in total. The van der Waals surface area contributed by atoms with Crippen LogP contribution in [0.1, 0.15) is 24.4 Å². The smallest absolute Gasteiger partial charge is 0.0454 e. The van der Waals surface area contributed by atoms with Gasteiger partial charge in [-0.1, -0.05) is 27.5 Å². The van der Waals surface area contributed by atoms with Crippen LogP contribution < -0.4 is 11.1 Å². The molecule has 0 amide bonds. The normalized spacial score (nSPS) is 19.7. The first-order valence-electron chi connectivity index (χ1n) is 5.59. The molecule has 2 rings (SSSR count). The molecule has 1 aromatic carbocycles. The van der Waals surface area contributed by atoms with Crippen molar-refractivity contribution in [2.24, 2.45) is 11.7 Å². The van der Waals surface area contributed by atoms with E-state index in [2.05, 4.69) is 21.2 Å². The van der Waals surface area contributed by atoms with Crippen LogP contribution in [0, 0.1) is 5.92 Å². The second-order valence-electron chi connectivity index (χ2n) is 4.28. The molecule has 0 unspecified atom stereocenters. The van der Waals surface area contributed by atoms with Crippen molar-refractivity contribution in [2.45, 2.75) is 18.9 Å². The van der Waals surface area contributed by atoms with Crippen LogP contribution in [0.25, 0.3) is 0 Å². The summed E-state index contributed by atoms with van der Waals surface area (Å²) in [7, 11) is 0. The van der Waals surface area contributed by atoms with Crippen LogP contribution >= 0.6 is 27.5 Å². The van der Waals surface area contributed by atoms with Gasteiger partial charge in [0.25, 0.3) is 0 Å². The molecule has 1 saturated heterocycles. The minimum absolute atomic E-state index is 0.0482. The highest BCUT2D eigenvalue weighted by Gasteiger charge is 2.23. The van der Waals surface area contributed by atoms with Gasteiger partial charge in [-0.15, -0.1) is 0 Å². The highest BCUT2D eigenvalue weighted by molar-refractivity contribution is 9.10. The topological polar surface area (TPSA) is 38.0 Å². The van der Waals surface area contributed by atoms with E-state index < -0.39 is 0 Å². The fraction of sp³-hybridized carbons (Fsp3) is 0.500. The summed E-state index contributed by atoms with van der Waals surface area (Å²) in [4.78, 5) is 0. The van der Waals surface area contributed by atoms with Gasteiger partial charge in [-0.2, -0.15) is 0 Å². The zero-order chi connectivity index (χ0) is 11.5. The summed E-state index contributed by atoms with van der Waals surface area (Å²) in [6, 6.07) is 5.94. The monoisotopic (exact) mass is 302 g/mol. The lowest BCUT2D eigenvalue weighted by molar-refractivity contribution is 0.322. The third-order valence-electron chi connectivity index (χ3n) is 3.21. The predicted molar refractivity (Wildman–Crippen MR) is 71.7 cm³/mol. The van der Waals surface area contributed by atoms with Crippen molar-refractivity contribution >= 4 is 27.5 Å². The predicted octanol–water partition coefficient (Wildman–Crippen LogP) is 3.10. The van der Waals surface area contributed by atoms with E-state index in [9.17, 15) is 0 Å². The Morgan fingerprint density at radius 1 is 1.38 bits per heavy atom. The molecule has 4 heteroatoms. The highest BCUT2D eigenvalue weighted by atomic mass is 79.9. The highest BCUT2D eigenvalue weighted by Crippen LogP contribution is 2.32. The summed E-state index contributed by atoms with van der Waals surface area (Å²) in [5.41, 5.74) is 7.36. The van der Waals surface area contributed by atoms with Crippen molar-refractivity contribution in [3.8, 4) is 0 Å². The van der Waals surface area contributed by atoms with Gasteiger partial charge in [0.1, 0.15) is 0 Å². The van der Waals surface area contributed by atoms with Crippen LogP contribution in [0.5, 0.6) is 0 Å². The second-order valence-corrected chi connectivity index (χ2v) is 5.60. The van der Waals surface area contributed by atoms with Crippen LogP contribution in [-0.4, -0.2) is 13.1 Å². The van der Waals surface area contributed by atoms with Gasteiger partial charge in [0.05, 0.1) is 0 Å². The van der Waals surface area contributed by atoms with Crippen LogP contribution in [0.2, 0.25) is 5.02 Å². The Bertz CT molecular complexity index is 364. The first kappa shape index (κ1) is 12.4. The lowest BCUT2D eigenvalue weighted by Gasteiger charge is -2.29. The fourth-order valence-corrected chi connectivity index (χ4v) is 2.85. The van der Waals surface area contributed by atoms with Gasteiger partial charge in [-0.25, -0.2) is 0 Å². The van der Waals surface area contributed by atoms with Crippen molar-refractivity contribution in [1.82, 2.24) is 5.32 Å². The van der Waals surface area contributed by atoms with E-state index in [0.29, 0.717) is 5.92 Å². The number of nitrogens with one attached hydrogen (secondary N) is 1. The molecule has 16 heavy (non-hydrogen) atoms. The summed E-state index contributed by atoms with van der Waals surface area (Å²) in [5, 5.41) is 4.12. The summed E-state index contributed by atoms with van der Waals surface area (Å²) >= 11 is 9.66. The summed E-state index contributed by atoms with van der Waals surface area (Å²) in [6.07, 6.45) is 2.26. The number of halogens is 2. The Morgan fingerprint density at radius 3 is 2.75 bits per heavy atom. The minimum Gasteiger partial charge on any atom is -0.324 e. The van der Waals surface area contributed by atoms with Gasteiger partial charge in [0.15, 0.2) is 0 Å². The number of nitrogens with two attached hydrogens (primary N) is 1. The first-order chi connectivity index (χ1) is 7.68. The third kappa shape index (κ3) is 2.77. The second kappa shape index (κ2) is 5.50. The van der Waals surface area contributed by atoms with Gasteiger partial charge in [-0.3, -0.25) is 0 Å². The molecular formula is C12H16BrClN2. The Labute approximate surface area is 110 Å². The van der Waals surface area contributed by atoms with Crippen molar-refractivity contribution in [1.29, 1.82) is 0 Å². The Morgan fingerprint density at radius 2 is 2.06 bits per heavy atom. The Hall–Kier alpha value is -0.0900. The van der Waals surface area contributed by atoms with Crippen LogP contribution in [-0.2, 0) is 0 Å². The van der Waals surface area contributed by atoms with E-state index in [1.807, 2.05) is 18.2 Å². The molecule has 0 aliphatic carbocycles. The van der Waals surface area contributed by atoms with Crippen LogP contribution in [0.3, 0.4) is 0 Å².